The molecule has 0 aliphatic heterocycles. The predicted octanol–water partition coefficient (Wildman–Crippen LogP) is 6.38. The number of allylic oxidation sites excluding steroid dienone is 2. The molecule has 0 atom stereocenters. The van der Waals surface area contributed by atoms with Gasteiger partial charge in [-0.2, -0.15) is 0 Å². The molecule has 0 heterocycles. The number of hydrogen-bond donors (Lipinski definition) is 1. The number of carbonyl (C=O) groups is 1. The largest absolute Gasteiger partial charge is 0.383 e. The van der Waals surface area contributed by atoms with Crippen molar-refractivity contribution >= 4 is 17.5 Å². The van der Waals surface area contributed by atoms with E-state index in [-0.39, 0.29) is 34.5 Å². The predicted molar refractivity (Wildman–Crippen MR) is 109 cm³/mol. The highest BCUT2D eigenvalue weighted by Crippen LogP contribution is 2.37. The topological polar surface area (TPSA) is 29.1 Å². The Kier molecular flexibility index (Phi) is 7.12. The summed E-state index contributed by atoms with van der Waals surface area (Å²) in [4.78, 5) is 11.7. The smallest absolute Gasteiger partial charge is 0.201 e. The first kappa shape index (κ1) is 22.6. The van der Waals surface area contributed by atoms with E-state index in [1.807, 2.05) is 30.3 Å². The fourth-order valence-corrected chi connectivity index (χ4v) is 3.70. The van der Waals surface area contributed by atoms with Gasteiger partial charge in [-0.25, -0.2) is 22.0 Å². The molecule has 0 amide bonds. The summed E-state index contributed by atoms with van der Waals surface area (Å²) in [7, 11) is 0. The molecule has 0 radical (unpaired) electrons. The number of Topliss-reactive ketones (excluding diaryl/α,β-unsaturated/α-hetero) is 1. The minimum absolute atomic E-state index is 0.190. The van der Waals surface area contributed by atoms with Crippen LogP contribution in [-0.2, 0) is 6.54 Å². The van der Waals surface area contributed by atoms with E-state index in [0.717, 1.165) is 5.56 Å². The van der Waals surface area contributed by atoms with E-state index < -0.39 is 39.8 Å². The molecule has 0 spiro atoms. The van der Waals surface area contributed by atoms with Gasteiger partial charge in [0.15, 0.2) is 23.3 Å². The number of carbonyl (C=O) groups excluding carboxylic acids is 1. The maximum Gasteiger partial charge on any atom is 0.201 e. The highest BCUT2D eigenvalue weighted by atomic mass is 32.2. The zero-order valence-corrected chi connectivity index (χ0v) is 17.0. The molecule has 0 aliphatic rings. The zero-order valence-electron chi connectivity index (χ0n) is 16.2. The third kappa shape index (κ3) is 4.96. The molecule has 160 valence electrons. The number of nitrogens with one attached hydrogen (secondary N) is 1. The molecule has 0 aliphatic carbocycles. The molecule has 2 nitrogen and oxygen atoms in total. The molecular formula is C23H16F5NOS. The van der Waals surface area contributed by atoms with Gasteiger partial charge in [-0.15, -0.1) is 0 Å². The van der Waals surface area contributed by atoms with Crippen molar-refractivity contribution in [1.82, 2.24) is 5.32 Å². The van der Waals surface area contributed by atoms with Crippen LogP contribution in [0.4, 0.5) is 22.0 Å². The van der Waals surface area contributed by atoms with Crippen LogP contribution in [0.15, 0.2) is 76.2 Å². The van der Waals surface area contributed by atoms with Gasteiger partial charge in [-0.3, -0.25) is 4.79 Å². The lowest BCUT2D eigenvalue weighted by atomic mass is 10.1. The lowest BCUT2D eigenvalue weighted by Gasteiger charge is -2.15. The molecule has 0 bridgehead atoms. The number of thioether (sulfide) groups is 1. The Morgan fingerprint density at radius 1 is 0.774 bits per heavy atom. The van der Waals surface area contributed by atoms with Gasteiger partial charge in [0.25, 0.3) is 0 Å². The van der Waals surface area contributed by atoms with Gasteiger partial charge in [-0.1, -0.05) is 72.4 Å². The molecule has 31 heavy (non-hydrogen) atoms. The number of benzene rings is 3. The minimum Gasteiger partial charge on any atom is -0.383 e. The van der Waals surface area contributed by atoms with E-state index in [1.54, 1.807) is 18.2 Å². The van der Waals surface area contributed by atoms with Gasteiger partial charge in [0.2, 0.25) is 11.6 Å². The molecule has 0 saturated heterocycles. The van der Waals surface area contributed by atoms with Crippen LogP contribution in [0.1, 0.15) is 22.8 Å². The van der Waals surface area contributed by atoms with Crippen LogP contribution in [0, 0.1) is 29.1 Å². The van der Waals surface area contributed by atoms with Gasteiger partial charge in [0, 0.05) is 17.8 Å². The maximum atomic E-state index is 14.2. The molecule has 1 N–H and O–H groups in total. The monoisotopic (exact) mass is 449 g/mol. The average molecular weight is 449 g/mol. The molecule has 0 fully saturated rings. The van der Waals surface area contributed by atoms with E-state index in [0.29, 0.717) is 0 Å². The van der Waals surface area contributed by atoms with Crippen LogP contribution < -0.4 is 5.32 Å². The lowest BCUT2D eigenvalue weighted by molar-refractivity contribution is 0.104. The average Bonchev–Trinajstić information content (AvgIpc) is 2.81. The van der Waals surface area contributed by atoms with Crippen molar-refractivity contribution in [2.75, 3.05) is 0 Å². The Labute approximate surface area is 179 Å². The Bertz CT molecular complexity index is 1100. The first-order valence-electron chi connectivity index (χ1n) is 9.09. The van der Waals surface area contributed by atoms with Crippen LogP contribution in [0.2, 0.25) is 0 Å². The van der Waals surface area contributed by atoms with Crippen LogP contribution >= 0.6 is 11.8 Å². The quantitative estimate of drug-likeness (QED) is 0.113. The summed E-state index contributed by atoms with van der Waals surface area (Å²) in [5, 5.41) is 2.98. The molecule has 0 unspecified atom stereocenters. The number of rotatable bonds is 7. The van der Waals surface area contributed by atoms with E-state index in [4.69, 9.17) is 0 Å². The summed E-state index contributed by atoms with van der Waals surface area (Å²) >= 11 is 0.196. The molecule has 3 aromatic carbocycles. The van der Waals surface area contributed by atoms with Gasteiger partial charge in [-0.05, 0) is 12.5 Å². The van der Waals surface area contributed by atoms with E-state index in [1.165, 1.54) is 19.1 Å². The molecule has 3 rings (SSSR count). The van der Waals surface area contributed by atoms with E-state index >= 15 is 0 Å². The van der Waals surface area contributed by atoms with Crippen LogP contribution in [0.3, 0.4) is 0 Å². The summed E-state index contributed by atoms with van der Waals surface area (Å²) in [5.41, 5.74) is 1.30. The molecule has 3 aromatic rings. The second kappa shape index (κ2) is 9.78. The fourth-order valence-electron chi connectivity index (χ4n) is 2.70. The molecule has 0 saturated carbocycles. The molecule has 0 aromatic heterocycles. The van der Waals surface area contributed by atoms with Crippen molar-refractivity contribution < 1.29 is 26.7 Å². The van der Waals surface area contributed by atoms with Crippen molar-refractivity contribution in [2.24, 2.45) is 0 Å². The Balaban J connectivity index is 2.03. The summed E-state index contributed by atoms with van der Waals surface area (Å²) in [6.07, 6.45) is 0. The SMILES string of the molecule is C/C(NCc1ccccc1)=C(\Sc1c(F)c(F)c(F)c(F)c1F)C(=O)c1ccccc1. The highest BCUT2D eigenvalue weighted by Gasteiger charge is 2.29. The first-order chi connectivity index (χ1) is 14.8. The lowest BCUT2D eigenvalue weighted by Crippen LogP contribution is -2.16. The van der Waals surface area contributed by atoms with Crippen LogP contribution in [-0.4, -0.2) is 5.78 Å². The molecule has 8 heteroatoms. The summed E-state index contributed by atoms with van der Waals surface area (Å²) in [6, 6.07) is 17.0. The Hall–Kier alpha value is -3.13. The maximum absolute atomic E-state index is 14.2. The minimum atomic E-state index is -2.25. The van der Waals surface area contributed by atoms with Crippen molar-refractivity contribution in [1.29, 1.82) is 0 Å². The summed E-state index contributed by atoms with van der Waals surface area (Å²) in [5.74, 6) is -11.0. The summed E-state index contributed by atoms with van der Waals surface area (Å²) < 4.78 is 69.2. The first-order valence-corrected chi connectivity index (χ1v) is 9.90. The van der Waals surface area contributed by atoms with Gasteiger partial charge >= 0.3 is 0 Å². The van der Waals surface area contributed by atoms with Crippen molar-refractivity contribution in [3.05, 3.63) is 111 Å². The van der Waals surface area contributed by atoms with Gasteiger partial charge < -0.3 is 5.32 Å². The number of halogens is 5. The van der Waals surface area contributed by atoms with E-state index in [2.05, 4.69) is 5.32 Å². The molecular weight excluding hydrogens is 433 g/mol. The highest BCUT2D eigenvalue weighted by molar-refractivity contribution is 8.04. The Morgan fingerprint density at radius 2 is 1.26 bits per heavy atom. The van der Waals surface area contributed by atoms with Crippen molar-refractivity contribution in [3.63, 3.8) is 0 Å². The zero-order chi connectivity index (χ0) is 22.5. The number of hydrogen-bond acceptors (Lipinski definition) is 3. The normalized spacial score (nSPS) is 11.8. The third-order valence-electron chi connectivity index (χ3n) is 4.36. The third-order valence-corrected chi connectivity index (χ3v) is 5.62. The number of ketones is 1. The fraction of sp³-hybridized carbons (Fsp3) is 0.0870. The van der Waals surface area contributed by atoms with Gasteiger partial charge in [0.1, 0.15) is 0 Å². The summed E-state index contributed by atoms with van der Waals surface area (Å²) in [6.45, 7) is 1.79. The van der Waals surface area contributed by atoms with E-state index in [9.17, 15) is 26.7 Å². The van der Waals surface area contributed by atoms with Crippen molar-refractivity contribution in [2.45, 2.75) is 18.4 Å². The second-order valence-electron chi connectivity index (χ2n) is 6.49. The van der Waals surface area contributed by atoms with Crippen LogP contribution in [0.25, 0.3) is 0 Å². The van der Waals surface area contributed by atoms with Gasteiger partial charge in [0.05, 0.1) is 9.80 Å². The van der Waals surface area contributed by atoms with Crippen LogP contribution in [0.5, 0.6) is 0 Å². The van der Waals surface area contributed by atoms with Crippen molar-refractivity contribution in [3.8, 4) is 0 Å². The second-order valence-corrected chi connectivity index (χ2v) is 7.51. The standard InChI is InChI=1S/C23H16F5NOS/c1-13(29-12-14-8-4-2-5-9-14)22(21(30)15-10-6-3-7-11-15)31-23-19(27)17(25)16(24)18(26)20(23)28/h2-11,29H,12H2,1H3/b22-13+. The Morgan fingerprint density at radius 3 is 1.81 bits per heavy atom.